The third-order valence-electron chi connectivity index (χ3n) is 5.12. The minimum absolute atomic E-state index is 0.0319. The molecule has 0 aliphatic carbocycles. The van der Waals surface area contributed by atoms with Crippen LogP contribution >= 0.6 is 0 Å². The summed E-state index contributed by atoms with van der Waals surface area (Å²) >= 11 is 0. The Kier molecular flexibility index (Phi) is 5.63. The highest BCUT2D eigenvalue weighted by molar-refractivity contribution is 5.74. The Morgan fingerprint density at radius 3 is 2.40 bits per heavy atom. The fraction of sp³-hybridized carbons (Fsp3) is 0.333. The van der Waals surface area contributed by atoms with E-state index in [1.54, 1.807) is 24.3 Å². The summed E-state index contributed by atoms with van der Waals surface area (Å²) in [5.74, 6) is 0.238. The van der Waals surface area contributed by atoms with Crippen LogP contribution in [0, 0.1) is 5.92 Å². The SMILES string of the molecule is O=c1[nH]nc(-c2ccc(C(F)(F)F)c(-c3ccc(OCC4CCNCC4)cc3)c2)o1. The quantitative estimate of drug-likeness (QED) is 0.651. The van der Waals surface area contributed by atoms with Gasteiger partial charge in [0.2, 0.25) is 5.89 Å². The van der Waals surface area contributed by atoms with Crippen molar-refractivity contribution in [3.8, 4) is 28.3 Å². The van der Waals surface area contributed by atoms with Crippen LogP contribution < -0.4 is 15.8 Å². The normalized spacial score (nSPS) is 15.3. The molecular formula is C21H20F3N3O3. The van der Waals surface area contributed by atoms with Gasteiger partial charge in [0.25, 0.3) is 0 Å². The Hall–Kier alpha value is -3.07. The Morgan fingerprint density at radius 2 is 1.77 bits per heavy atom. The number of hydrogen-bond acceptors (Lipinski definition) is 5. The van der Waals surface area contributed by atoms with E-state index in [9.17, 15) is 18.0 Å². The summed E-state index contributed by atoms with van der Waals surface area (Å²) in [5, 5.41) is 9.09. The molecule has 1 fully saturated rings. The van der Waals surface area contributed by atoms with Crippen LogP contribution in [0.3, 0.4) is 0 Å². The molecule has 1 saturated heterocycles. The maximum Gasteiger partial charge on any atom is 0.434 e. The van der Waals surface area contributed by atoms with Gasteiger partial charge in [-0.05, 0) is 73.3 Å². The number of halogens is 3. The van der Waals surface area contributed by atoms with E-state index in [0.717, 1.165) is 32.0 Å². The zero-order valence-electron chi connectivity index (χ0n) is 16.0. The van der Waals surface area contributed by atoms with E-state index in [0.29, 0.717) is 23.8 Å². The average Bonchev–Trinajstić information content (AvgIpc) is 3.19. The van der Waals surface area contributed by atoms with Crippen LogP contribution in [0.2, 0.25) is 0 Å². The molecule has 9 heteroatoms. The van der Waals surface area contributed by atoms with Gasteiger partial charge in [-0.15, -0.1) is 5.10 Å². The van der Waals surface area contributed by atoms with Crippen LogP contribution in [0.25, 0.3) is 22.6 Å². The number of alkyl halides is 3. The number of ether oxygens (including phenoxy) is 1. The molecular weight excluding hydrogens is 399 g/mol. The van der Waals surface area contributed by atoms with E-state index in [1.807, 2.05) is 0 Å². The molecule has 0 spiro atoms. The molecule has 0 saturated carbocycles. The minimum Gasteiger partial charge on any atom is -0.493 e. The molecule has 2 aromatic carbocycles. The highest BCUT2D eigenvalue weighted by atomic mass is 19.4. The minimum atomic E-state index is -4.54. The second-order valence-electron chi connectivity index (χ2n) is 7.21. The van der Waals surface area contributed by atoms with Gasteiger partial charge in [0, 0.05) is 5.56 Å². The summed E-state index contributed by atoms with van der Waals surface area (Å²) in [6.45, 7) is 2.53. The van der Waals surface area contributed by atoms with Gasteiger partial charge < -0.3 is 14.5 Å². The summed E-state index contributed by atoms with van der Waals surface area (Å²) < 4.78 is 51.3. The second kappa shape index (κ2) is 8.35. The fourth-order valence-electron chi connectivity index (χ4n) is 3.51. The summed E-state index contributed by atoms with van der Waals surface area (Å²) in [7, 11) is 0. The predicted molar refractivity (Wildman–Crippen MR) is 104 cm³/mol. The number of rotatable bonds is 5. The first-order valence-electron chi connectivity index (χ1n) is 9.61. The van der Waals surface area contributed by atoms with Gasteiger partial charge in [-0.3, -0.25) is 0 Å². The van der Waals surface area contributed by atoms with Crippen LogP contribution in [-0.2, 0) is 6.18 Å². The lowest BCUT2D eigenvalue weighted by Gasteiger charge is -2.22. The first-order valence-corrected chi connectivity index (χ1v) is 9.61. The number of hydrogen-bond donors (Lipinski definition) is 2. The topological polar surface area (TPSA) is 80.2 Å². The van der Waals surface area contributed by atoms with Gasteiger partial charge in [0.1, 0.15) is 5.75 Å². The fourth-order valence-corrected chi connectivity index (χ4v) is 3.51. The third-order valence-corrected chi connectivity index (χ3v) is 5.12. The van der Waals surface area contributed by atoms with Crippen LogP contribution in [0.4, 0.5) is 13.2 Å². The number of piperidine rings is 1. The van der Waals surface area contributed by atoms with Crippen molar-refractivity contribution in [1.82, 2.24) is 15.5 Å². The molecule has 0 bridgehead atoms. The Labute approximate surface area is 170 Å². The smallest absolute Gasteiger partial charge is 0.434 e. The Morgan fingerprint density at radius 1 is 1.07 bits per heavy atom. The van der Waals surface area contributed by atoms with E-state index in [1.165, 1.54) is 12.1 Å². The first kappa shape index (κ1) is 20.2. The van der Waals surface area contributed by atoms with Gasteiger partial charge in [0.15, 0.2) is 0 Å². The molecule has 6 nitrogen and oxygen atoms in total. The number of nitrogens with one attached hydrogen (secondary N) is 2. The molecule has 1 aromatic heterocycles. The summed E-state index contributed by atoms with van der Waals surface area (Å²) in [5.41, 5.74) is -0.179. The largest absolute Gasteiger partial charge is 0.493 e. The molecule has 30 heavy (non-hydrogen) atoms. The molecule has 1 aliphatic rings. The van der Waals surface area contributed by atoms with Gasteiger partial charge >= 0.3 is 11.9 Å². The van der Waals surface area contributed by atoms with Gasteiger partial charge in [0.05, 0.1) is 12.2 Å². The number of H-pyrrole nitrogens is 1. The van der Waals surface area contributed by atoms with Gasteiger partial charge in [-0.1, -0.05) is 12.1 Å². The molecule has 1 aliphatic heterocycles. The lowest BCUT2D eigenvalue weighted by Crippen LogP contribution is -2.30. The van der Waals surface area contributed by atoms with Crippen LogP contribution in [0.1, 0.15) is 18.4 Å². The van der Waals surface area contributed by atoms with Crippen molar-refractivity contribution in [1.29, 1.82) is 0 Å². The van der Waals surface area contributed by atoms with Crippen molar-refractivity contribution in [2.45, 2.75) is 19.0 Å². The van der Waals surface area contributed by atoms with Crippen molar-refractivity contribution in [3.63, 3.8) is 0 Å². The Bertz CT molecular complexity index is 1050. The van der Waals surface area contributed by atoms with Crippen molar-refractivity contribution in [3.05, 3.63) is 58.6 Å². The molecule has 2 N–H and O–H groups in total. The molecule has 158 valence electrons. The maximum atomic E-state index is 13.6. The molecule has 2 heterocycles. The summed E-state index contributed by atoms with van der Waals surface area (Å²) in [6, 6.07) is 10.0. The van der Waals surface area contributed by atoms with Crippen LogP contribution in [-0.4, -0.2) is 29.9 Å². The summed E-state index contributed by atoms with van der Waals surface area (Å²) in [6.07, 6.45) is -2.45. The van der Waals surface area contributed by atoms with E-state index in [4.69, 9.17) is 9.15 Å². The van der Waals surface area contributed by atoms with Crippen molar-refractivity contribution in [2.75, 3.05) is 19.7 Å². The van der Waals surface area contributed by atoms with Crippen LogP contribution in [0.5, 0.6) is 5.75 Å². The number of aromatic amines is 1. The van der Waals surface area contributed by atoms with Crippen molar-refractivity contribution >= 4 is 0 Å². The third kappa shape index (κ3) is 4.56. The van der Waals surface area contributed by atoms with Crippen LogP contribution in [0.15, 0.2) is 51.7 Å². The maximum absolute atomic E-state index is 13.6. The predicted octanol–water partition coefficient (Wildman–Crippen LogP) is 4.09. The standard InChI is InChI=1S/C21H20F3N3O3/c22-21(23,24)18-6-3-15(19-26-27-20(28)30-19)11-17(18)14-1-4-16(5-2-14)29-12-13-7-9-25-10-8-13/h1-6,11,13,25H,7-10,12H2,(H,27,28). The molecule has 3 aromatic rings. The van der Waals surface area contributed by atoms with Gasteiger partial charge in [-0.25, -0.2) is 9.89 Å². The number of nitrogens with zero attached hydrogens (tertiary/aromatic N) is 1. The number of aromatic nitrogens is 2. The van der Waals surface area contributed by atoms with E-state index in [2.05, 4.69) is 15.5 Å². The lowest BCUT2D eigenvalue weighted by atomic mass is 9.96. The van der Waals surface area contributed by atoms with E-state index < -0.39 is 17.5 Å². The molecule has 0 radical (unpaired) electrons. The molecule has 0 amide bonds. The van der Waals surface area contributed by atoms with Crippen molar-refractivity contribution in [2.24, 2.45) is 5.92 Å². The highest BCUT2D eigenvalue weighted by Crippen LogP contribution is 2.39. The Balaban J connectivity index is 1.60. The lowest BCUT2D eigenvalue weighted by molar-refractivity contribution is -0.137. The van der Waals surface area contributed by atoms with Gasteiger partial charge in [-0.2, -0.15) is 13.2 Å². The van der Waals surface area contributed by atoms with E-state index >= 15 is 0 Å². The molecule has 0 atom stereocenters. The van der Waals surface area contributed by atoms with Crippen molar-refractivity contribution < 1.29 is 22.3 Å². The second-order valence-corrected chi connectivity index (χ2v) is 7.21. The monoisotopic (exact) mass is 419 g/mol. The highest BCUT2D eigenvalue weighted by Gasteiger charge is 2.34. The number of benzene rings is 2. The zero-order valence-corrected chi connectivity index (χ0v) is 16.0. The zero-order chi connectivity index (χ0) is 21.1. The van der Waals surface area contributed by atoms with E-state index in [-0.39, 0.29) is 17.0 Å². The average molecular weight is 419 g/mol. The molecule has 4 rings (SSSR count). The molecule has 0 unspecified atom stereocenters. The first-order chi connectivity index (χ1) is 14.4. The summed E-state index contributed by atoms with van der Waals surface area (Å²) in [4.78, 5) is 11.2.